The van der Waals surface area contributed by atoms with Crippen molar-refractivity contribution in [1.82, 2.24) is 14.0 Å². The molecule has 1 saturated heterocycles. The van der Waals surface area contributed by atoms with Crippen LogP contribution in [0.2, 0.25) is 0 Å². The summed E-state index contributed by atoms with van der Waals surface area (Å²) in [5.74, 6) is 1.45. The second-order valence-corrected chi connectivity index (χ2v) is 7.36. The maximum Gasteiger partial charge on any atom is 0.332 e. The Morgan fingerprint density at radius 1 is 1.03 bits per heavy atom. The number of hydrogen-bond donors (Lipinski definition) is 0. The summed E-state index contributed by atoms with van der Waals surface area (Å²) in [7, 11) is 4.63. The first-order valence-corrected chi connectivity index (χ1v) is 10.0. The lowest BCUT2D eigenvalue weighted by atomic mass is 10.2. The molecule has 2 aromatic rings. The van der Waals surface area contributed by atoms with Crippen LogP contribution < -0.4 is 25.6 Å². The van der Waals surface area contributed by atoms with Gasteiger partial charge < -0.3 is 14.4 Å². The second kappa shape index (κ2) is 11.0. The molecule has 0 atom stereocenters. The van der Waals surface area contributed by atoms with Gasteiger partial charge in [-0.05, 0) is 12.5 Å². The highest BCUT2D eigenvalue weighted by Crippen LogP contribution is 2.31. The van der Waals surface area contributed by atoms with Gasteiger partial charge in [0.15, 0.2) is 11.5 Å². The zero-order chi connectivity index (χ0) is 22.5. The molecule has 1 fully saturated rings. The Hall–Kier alpha value is -3.05. The van der Waals surface area contributed by atoms with Crippen LogP contribution in [0, 0.1) is 10.1 Å². The van der Waals surface area contributed by atoms with Crippen LogP contribution in [-0.2, 0) is 14.1 Å². The molecule has 0 saturated carbocycles. The Labute approximate surface area is 191 Å². The molecule has 0 spiro atoms. The first-order valence-electron chi connectivity index (χ1n) is 10.0. The third-order valence-corrected chi connectivity index (χ3v) is 5.43. The van der Waals surface area contributed by atoms with E-state index >= 15 is 0 Å². The lowest BCUT2D eigenvalue weighted by molar-refractivity contribution is -0.385. The lowest BCUT2D eigenvalue weighted by Gasteiger charge is -2.36. The maximum atomic E-state index is 12.1. The van der Waals surface area contributed by atoms with Crippen LogP contribution in [0.15, 0.2) is 33.9 Å². The van der Waals surface area contributed by atoms with E-state index in [1.807, 2.05) is 4.90 Å². The molecule has 1 aromatic heterocycles. The summed E-state index contributed by atoms with van der Waals surface area (Å²) in [5.41, 5.74) is -0.690. The minimum absolute atomic E-state index is 0. The number of nitro groups is 1. The molecular weight excluding hydrogens is 442 g/mol. The van der Waals surface area contributed by atoms with Crippen molar-refractivity contribution in [2.45, 2.75) is 6.42 Å². The SMILES string of the molecule is COc1ccc([N+](=O)[O-])cc1OCCCN1CCN(c2cc(=O)n(C)c(=O)n2C)CC1.Cl. The maximum absolute atomic E-state index is 12.1. The Balaban J connectivity index is 0.00000363. The van der Waals surface area contributed by atoms with Gasteiger partial charge in [0.1, 0.15) is 5.82 Å². The lowest BCUT2D eigenvalue weighted by Crippen LogP contribution is -2.49. The summed E-state index contributed by atoms with van der Waals surface area (Å²) in [6, 6.07) is 5.77. The number of non-ortho nitro benzene ring substituents is 1. The molecule has 0 unspecified atom stereocenters. The second-order valence-electron chi connectivity index (χ2n) is 7.36. The molecule has 1 aliphatic rings. The van der Waals surface area contributed by atoms with Crippen molar-refractivity contribution in [2.24, 2.45) is 14.1 Å². The number of nitro benzene ring substituents is 1. The molecule has 12 heteroatoms. The topological polar surface area (TPSA) is 112 Å². The fourth-order valence-electron chi connectivity index (χ4n) is 3.59. The summed E-state index contributed by atoms with van der Waals surface area (Å²) >= 11 is 0. The van der Waals surface area contributed by atoms with E-state index < -0.39 is 4.92 Å². The van der Waals surface area contributed by atoms with E-state index in [4.69, 9.17) is 9.47 Å². The predicted molar refractivity (Wildman–Crippen MR) is 123 cm³/mol. The Bertz CT molecular complexity index is 1060. The van der Waals surface area contributed by atoms with Crippen LogP contribution in [0.3, 0.4) is 0 Å². The fourth-order valence-corrected chi connectivity index (χ4v) is 3.59. The molecule has 0 radical (unpaired) electrons. The summed E-state index contributed by atoms with van der Waals surface area (Å²) < 4.78 is 13.5. The molecule has 2 heterocycles. The number of nitrogens with zero attached hydrogens (tertiary/aromatic N) is 5. The van der Waals surface area contributed by atoms with Crippen molar-refractivity contribution in [3.63, 3.8) is 0 Å². The highest BCUT2D eigenvalue weighted by atomic mass is 35.5. The summed E-state index contributed by atoms with van der Waals surface area (Å²) in [6.07, 6.45) is 0.746. The number of aromatic nitrogens is 2. The smallest absolute Gasteiger partial charge is 0.332 e. The molecule has 3 rings (SSSR count). The molecule has 0 N–H and O–H groups in total. The zero-order valence-electron chi connectivity index (χ0n) is 18.4. The van der Waals surface area contributed by atoms with Crippen LogP contribution in [0.1, 0.15) is 6.42 Å². The fraction of sp³-hybridized carbons (Fsp3) is 0.500. The first kappa shape index (κ1) is 25.2. The number of anilines is 1. The van der Waals surface area contributed by atoms with E-state index in [1.54, 1.807) is 7.05 Å². The van der Waals surface area contributed by atoms with E-state index in [0.717, 1.165) is 30.6 Å². The molecule has 32 heavy (non-hydrogen) atoms. The van der Waals surface area contributed by atoms with Crippen molar-refractivity contribution in [1.29, 1.82) is 0 Å². The van der Waals surface area contributed by atoms with E-state index in [0.29, 0.717) is 37.0 Å². The number of methoxy groups -OCH3 is 1. The molecular formula is C20H28ClN5O6. The van der Waals surface area contributed by atoms with E-state index in [1.165, 1.54) is 43.0 Å². The Morgan fingerprint density at radius 3 is 2.34 bits per heavy atom. The minimum Gasteiger partial charge on any atom is -0.493 e. The molecule has 0 bridgehead atoms. The van der Waals surface area contributed by atoms with E-state index in [2.05, 4.69) is 4.90 Å². The van der Waals surface area contributed by atoms with Gasteiger partial charge in [-0.25, -0.2) is 4.79 Å². The third-order valence-electron chi connectivity index (χ3n) is 5.43. The van der Waals surface area contributed by atoms with Gasteiger partial charge in [0.2, 0.25) is 0 Å². The predicted octanol–water partition coefficient (Wildman–Crippen LogP) is 1.01. The van der Waals surface area contributed by atoms with Gasteiger partial charge in [-0.2, -0.15) is 0 Å². The molecule has 176 valence electrons. The first-order chi connectivity index (χ1) is 14.8. The quantitative estimate of drug-likeness (QED) is 0.320. The van der Waals surface area contributed by atoms with Gasteiger partial charge in [-0.3, -0.25) is 28.9 Å². The third kappa shape index (κ3) is 5.60. The van der Waals surface area contributed by atoms with Crippen molar-refractivity contribution < 1.29 is 14.4 Å². The summed E-state index contributed by atoms with van der Waals surface area (Å²) in [5, 5.41) is 11.0. The molecule has 0 aliphatic carbocycles. The monoisotopic (exact) mass is 469 g/mol. The standard InChI is InChI=1S/C20H27N5O6.ClH/c1-21-18(14-19(26)22(2)20(21)27)24-10-8-23(9-11-24)7-4-12-31-17-13-15(25(28)29)5-6-16(17)30-3;/h5-6,13-14H,4,7-12H2,1-3H3;1H. The van der Waals surface area contributed by atoms with Gasteiger partial charge in [-0.1, -0.05) is 0 Å². The van der Waals surface area contributed by atoms with Crippen LogP contribution in [-0.4, -0.2) is 65.4 Å². The minimum atomic E-state index is -0.468. The van der Waals surface area contributed by atoms with Gasteiger partial charge in [0.05, 0.1) is 24.7 Å². The van der Waals surface area contributed by atoms with Crippen LogP contribution >= 0.6 is 12.4 Å². The zero-order valence-corrected chi connectivity index (χ0v) is 19.2. The van der Waals surface area contributed by atoms with Gasteiger partial charge in [0.25, 0.3) is 11.2 Å². The highest BCUT2D eigenvalue weighted by molar-refractivity contribution is 5.85. The number of ether oxygens (including phenoxy) is 2. The summed E-state index contributed by atoms with van der Waals surface area (Å²) in [6.45, 7) is 4.22. The van der Waals surface area contributed by atoms with Crippen molar-refractivity contribution >= 4 is 23.9 Å². The normalized spacial score (nSPS) is 14.0. The number of piperazine rings is 1. The Morgan fingerprint density at radius 2 is 1.72 bits per heavy atom. The molecule has 1 aromatic carbocycles. The van der Waals surface area contributed by atoms with E-state index in [9.17, 15) is 19.7 Å². The van der Waals surface area contributed by atoms with Gasteiger partial charge in [0, 0.05) is 59.0 Å². The average Bonchev–Trinajstić information content (AvgIpc) is 2.78. The van der Waals surface area contributed by atoms with Crippen molar-refractivity contribution in [2.75, 3.05) is 51.3 Å². The number of rotatable bonds is 8. The molecule has 0 amide bonds. The van der Waals surface area contributed by atoms with Gasteiger partial charge in [-0.15, -0.1) is 12.4 Å². The highest BCUT2D eigenvalue weighted by Gasteiger charge is 2.20. The largest absolute Gasteiger partial charge is 0.493 e. The number of hydrogen-bond acceptors (Lipinski definition) is 8. The Kier molecular flexibility index (Phi) is 8.67. The van der Waals surface area contributed by atoms with Gasteiger partial charge >= 0.3 is 5.69 Å². The van der Waals surface area contributed by atoms with Crippen LogP contribution in [0.25, 0.3) is 0 Å². The molecule has 11 nitrogen and oxygen atoms in total. The van der Waals surface area contributed by atoms with Crippen molar-refractivity contribution in [3.8, 4) is 11.5 Å². The van der Waals surface area contributed by atoms with E-state index in [-0.39, 0.29) is 29.3 Å². The molecule has 1 aliphatic heterocycles. The van der Waals surface area contributed by atoms with Crippen molar-refractivity contribution in [3.05, 3.63) is 55.2 Å². The van der Waals surface area contributed by atoms with Crippen LogP contribution in [0.4, 0.5) is 11.5 Å². The summed E-state index contributed by atoms with van der Waals surface area (Å²) in [4.78, 5) is 38.9. The number of halogens is 1. The van der Waals surface area contributed by atoms with Crippen LogP contribution in [0.5, 0.6) is 11.5 Å². The number of benzene rings is 1. The average molecular weight is 470 g/mol.